The van der Waals surface area contributed by atoms with Crippen molar-refractivity contribution in [1.29, 1.82) is 0 Å². The molecule has 4 heterocycles. The first-order chi connectivity index (χ1) is 18.7. The lowest BCUT2D eigenvalue weighted by atomic mass is 10.1. The van der Waals surface area contributed by atoms with Crippen molar-refractivity contribution < 1.29 is 20.8 Å². The predicted molar refractivity (Wildman–Crippen MR) is 156 cm³/mol. The number of aromatic nitrogens is 4. The van der Waals surface area contributed by atoms with E-state index in [1.54, 1.807) is 31.5 Å². The summed E-state index contributed by atoms with van der Waals surface area (Å²) in [5.74, 6) is 0.0368. The number of carbonyl (C=O) groups is 1. The van der Waals surface area contributed by atoms with Crippen LogP contribution in [0.25, 0.3) is 10.6 Å². The number of likely N-dealkylation sites (tertiary alicyclic amines) is 1. The molecule has 3 aromatic heterocycles. The maximum absolute atomic E-state index is 12.7. The predicted octanol–water partition coefficient (Wildman–Crippen LogP) is 4.38. The smallest absolute Gasteiger partial charge is 0.280 e. The van der Waals surface area contributed by atoms with E-state index in [1.807, 2.05) is 6.92 Å². The van der Waals surface area contributed by atoms with Gasteiger partial charge in [-0.1, -0.05) is 6.42 Å². The van der Waals surface area contributed by atoms with Crippen molar-refractivity contribution in [2.75, 3.05) is 31.5 Å². The zero-order chi connectivity index (χ0) is 27.8. The molecule has 0 spiro atoms. The second kappa shape index (κ2) is 13.3. The molecule has 2 aliphatic rings. The summed E-state index contributed by atoms with van der Waals surface area (Å²) in [4.78, 5) is 32.7. The standard InChI is InChI=1S/C20H22N6O4S2.C6H13N.2H2/c1-3-30-18-11-21-9-16(25-18)17-10-23-20(31-17)19(27)24-12(2)15-8-13(6-7-22-15)26-32(28,29)14-4-5-14;1-7-5-3-2-4-6-7;;/h6-12,14H,3-5H2,1-2H3,(H,22,26)(H,24,27);2-6H2,1H3;2*1H/t12-;;;/m1.../s1. The molecule has 214 valence electrons. The molecule has 0 radical (unpaired) electrons. The molecular formula is C26H39N7O4S2. The Bertz CT molecular complexity index is 1370. The average Bonchev–Trinajstić information content (AvgIpc) is 3.68. The van der Waals surface area contributed by atoms with E-state index >= 15 is 0 Å². The molecule has 1 amide bonds. The number of nitrogens with one attached hydrogen (secondary N) is 2. The van der Waals surface area contributed by atoms with Crippen LogP contribution < -0.4 is 14.8 Å². The fourth-order valence-corrected chi connectivity index (χ4v) is 6.09. The molecule has 0 bridgehead atoms. The number of rotatable bonds is 9. The molecule has 39 heavy (non-hydrogen) atoms. The topological polar surface area (TPSA) is 139 Å². The minimum Gasteiger partial charge on any atom is -0.477 e. The first-order valence-corrected chi connectivity index (χ1v) is 15.5. The Morgan fingerprint density at radius 1 is 1.21 bits per heavy atom. The van der Waals surface area contributed by atoms with Crippen molar-refractivity contribution in [1.82, 2.24) is 30.2 Å². The monoisotopic (exact) mass is 577 g/mol. The van der Waals surface area contributed by atoms with Crippen LogP contribution in [0.4, 0.5) is 5.69 Å². The molecule has 2 fully saturated rings. The van der Waals surface area contributed by atoms with E-state index < -0.39 is 16.1 Å². The number of pyridine rings is 1. The number of carbonyl (C=O) groups excluding carboxylic acids is 1. The minimum atomic E-state index is -3.37. The molecule has 1 aliphatic carbocycles. The second-order valence-corrected chi connectivity index (χ2v) is 12.6. The van der Waals surface area contributed by atoms with E-state index in [0.29, 0.717) is 47.3 Å². The molecule has 1 saturated carbocycles. The van der Waals surface area contributed by atoms with Gasteiger partial charge in [-0.25, -0.2) is 18.4 Å². The van der Waals surface area contributed by atoms with Gasteiger partial charge in [0.25, 0.3) is 5.91 Å². The maximum Gasteiger partial charge on any atom is 0.280 e. The van der Waals surface area contributed by atoms with E-state index in [2.05, 4.69) is 41.9 Å². The van der Waals surface area contributed by atoms with Crippen molar-refractivity contribution in [3.63, 3.8) is 0 Å². The number of thiazole rings is 1. The van der Waals surface area contributed by atoms with Gasteiger partial charge in [0.05, 0.1) is 46.6 Å². The van der Waals surface area contributed by atoms with Crippen LogP contribution in [-0.4, -0.2) is 71.2 Å². The molecule has 5 rings (SSSR count). The van der Waals surface area contributed by atoms with Gasteiger partial charge in [-0.3, -0.25) is 19.5 Å². The van der Waals surface area contributed by atoms with Crippen molar-refractivity contribution in [3.05, 3.63) is 47.6 Å². The average molecular weight is 578 g/mol. The lowest BCUT2D eigenvalue weighted by Crippen LogP contribution is -2.27. The number of sulfonamides is 1. The van der Waals surface area contributed by atoms with Gasteiger partial charge in [0.2, 0.25) is 15.9 Å². The van der Waals surface area contributed by atoms with Gasteiger partial charge < -0.3 is 15.0 Å². The normalized spacial score (nSPS) is 16.5. The SMILES string of the molecule is CCOc1cncc(-c2cnc(C(=O)N[C@H](C)c3cc(NS(=O)(=O)C4CC4)ccn3)s2)n1.CN1CCCCC1.[HH].[HH]. The zero-order valence-corrected chi connectivity index (χ0v) is 24.1. The van der Waals surface area contributed by atoms with Crippen LogP contribution in [0.2, 0.25) is 0 Å². The fraction of sp³-hybridized carbons (Fsp3) is 0.500. The van der Waals surface area contributed by atoms with Crippen LogP contribution in [0.5, 0.6) is 5.88 Å². The second-order valence-electron chi connectivity index (χ2n) is 9.58. The lowest BCUT2D eigenvalue weighted by molar-refractivity contribution is 0.0938. The van der Waals surface area contributed by atoms with Gasteiger partial charge in [0.1, 0.15) is 5.69 Å². The highest BCUT2D eigenvalue weighted by atomic mass is 32.2. The number of nitrogens with zero attached hydrogens (tertiary/aromatic N) is 5. The fourth-order valence-electron chi connectivity index (χ4n) is 3.94. The number of anilines is 1. The first-order valence-electron chi connectivity index (χ1n) is 13.1. The molecule has 2 N–H and O–H groups in total. The summed E-state index contributed by atoms with van der Waals surface area (Å²) in [5, 5.41) is 2.78. The maximum atomic E-state index is 12.7. The van der Waals surface area contributed by atoms with Gasteiger partial charge in [0.15, 0.2) is 5.01 Å². The number of hydrogen-bond acceptors (Lipinski definition) is 10. The molecular weight excluding hydrogens is 538 g/mol. The van der Waals surface area contributed by atoms with Crippen LogP contribution in [0, 0.1) is 0 Å². The molecule has 3 aromatic rings. The van der Waals surface area contributed by atoms with E-state index in [9.17, 15) is 13.2 Å². The van der Waals surface area contributed by atoms with E-state index in [4.69, 9.17) is 4.74 Å². The Labute approximate surface area is 236 Å². The van der Waals surface area contributed by atoms with Gasteiger partial charge in [0, 0.05) is 15.2 Å². The molecule has 11 nitrogen and oxygen atoms in total. The van der Waals surface area contributed by atoms with Crippen molar-refractivity contribution >= 4 is 33.0 Å². The van der Waals surface area contributed by atoms with Gasteiger partial charge in [-0.05, 0) is 71.8 Å². The zero-order valence-electron chi connectivity index (χ0n) is 22.5. The third-order valence-electron chi connectivity index (χ3n) is 6.23. The first kappa shape index (κ1) is 28.8. The number of hydrogen-bond donors (Lipinski definition) is 2. The van der Waals surface area contributed by atoms with E-state index in [0.717, 1.165) is 0 Å². The lowest BCUT2D eigenvalue weighted by Gasteiger charge is -2.20. The molecule has 13 heteroatoms. The minimum absolute atomic E-state index is 0. The Morgan fingerprint density at radius 3 is 2.64 bits per heavy atom. The highest BCUT2D eigenvalue weighted by molar-refractivity contribution is 7.93. The van der Waals surface area contributed by atoms with Gasteiger partial charge in [-0.2, -0.15) is 0 Å². The van der Waals surface area contributed by atoms with Crippen molar-refractivity contribution in [3.8, 4) is 16.5 Å². The summed E-state index contributed by atoms with van der Waals surface area (Å²) in [6, 6.07) is 2.75. The van der Waals surface area contributed by atoms with Crippen molar-refractivity contribution in [2.45, 2.75) is 57.2 Å². The summed E-state index contributed by atoms with van der Waals surface area (Å²) in [6.07, 6.45) is 11.8. The van der Waals surface area contributed by atoms with E-state index in [1.165, 1.54) is 56.1 Å². The summed E-state index contributed by atoms with van der Waals surface area (Å²) < 4.78 is 32.3. The molecule has 1 saturated heterocycles. The largest absolute Gasteiger partial charge is 0.477 e. The number of piperidine rings is 1. The highest BCUT2D eigenvalue weighted by Crippen LogP contribution is 2.30. The Balaban J connectivity index is 0.000000573. The highest BCUT2D eigenvalue weighted by Gasteiger charge is 2.35. The van der Waals surface area contributed by atoms with Crippen LogP contribution in [0.1, 0.15) is 70.3 Å². The number of amides is 1. The summed E-state index contributed by atoms with van der Waals surface area (Å²) in [5.41, 5.74) is 1.52. The van der Waals surface area contributed by atoms with Crippen molar-refractivity contribution in [2.24, 2.45) is 0 Å². The summed E-state index contributed by atoms with van der Waals surface area (Å²) in [6.45, 7) is 6.74. The molecule has 0 unspecified atom stereocenters. The quantitative estimate of drug-likeness (QED) is 0.379. The van der Waals surface area contributed by atoms with Crippen LogP contribution in [0.15, 0.2) is 36.9 Å². The molecule has 0 aromatic carbocycles. The van der Waals surface area contributed by atoms with Gasteiger partial charge in [-0.15, -0.1) is 11.3 Å². The Morgan fingerprint density at radius 2 is 1.97 bits per heavy atom. The van der Waals surface area contributed by atoms with E-state index in [-0.39, 0.29) is 19.0 Å². The Kier molecular flexibility index (Phi) is 9.81. The number of ether oxygens (including phenoxy) is 1. The third kappa shape index (κ3) is 8.41. The van der Waals surface area contributed by atoms with Gasteiger partial charge >= 0.3 is 0 Å². The molecule has 1 aliphatic heterocycles. The summed E-state index contributed by atoms with van der Waals surface area (Å²) >= 11 is 1.19. The van der Waals surface area contributed by atoms with Crippen LogP contribution in [0.3, 0.4) is 0 Å². The molecule has 1 atom stereocenters. The third-order valence-corrected chi connectivity index (χ3v) is 9.12. The van der Waals surface area contributed by atoms with Crippen LogP contribution in [-0.2, 0) is 10.0 Å². The van der Waals surface area contributed by atoms with Crippen LogP contribution >= 0.6 is 11.3 Å². The Hall–Kier alpha value is -3.16. The summed E-state index contributed by atoms with van der Waals surface area (Å²) in [7, 11) is -1.18.